The van der Waals surface area contributed by atoms with Crippen molar-refractivity contribution in [1.29, 1.82) is 0 Å². The van der Waals surface area contributed by atoms with Crippen LogP contribution in [0.5, 0.6) is 0 Å². The highest BCUT2D eigenvalue weighted by atomic mass is 16.5. The van der Waals surface area contributed by atoms with E-state index in [1.807, 2.05) is 38.1 Å². The molecule has 3 heteroatoms. The van der Waals surface area contributed by atoms with Crippen LogP contribution >= 0.6 is 0 Å². The Balaban J connectivity index is 2.94. The molecule has 1 aromatic rings. The van der Waals surface area contributed by atoms with E-state index in [1.54, 1.807) is 6.08 Å². The van der Waals surface area contributed by atoms with E-state index in [-0.39, 0.29) is 0 Å². The lowest BCUT2D eigenvalue weighted by Gasteiger charge is -2.28. The summed E-state index contributed by atoms with van der Waals surface area (Å²) in [5.41, 5.74) is 0.857. The van der Waals surface area contributed by atoms with E-state index in [4.69, 9.17) is 4.74 Å². The first-order valence-corrected chi connectivity index (χ1v) is 6.16. The Hall–Kier alpha value is -1.61. The van der Waals surface area contributed by atoms with E-state index in [2.05, 4.69) is 6.58 Å². The van der Waals surface area contributed by atoms with Crippen LogP contribution in [0.3, 0.4) is 0 Å². The van der Waals surface area contributed by atoms with Crippen LogP contribution in [-0.4, -0.2) is 23.3 Å². The van der Waals surface area contributed by atoms with Crippen molar-refractivity contribution in [3.63, 3.8) is 0 Å². The first kappa shape index (κ1) is 14.5. The Morgan fingerprint density at radius 2 is 2.00 bits per heavy atom. The highest BCUT2D eigenvalue weighted by Crippen LogP contribution is 2.23. The monoisotopic (exact) mass is 248 g/mol. The van der Waals surface area contributed by atoms with Gasteiger partial charge < -0.3 is 9.84 Å². The zero-order valence-corrected chi connectivity index (χ0v) is 11.0. The number of carbonyl (C=O) groups is 1. The smallest absolute Gasteiger partial charge is 0.336 e. The molecule has 98 valence electrons. The SMILES string of the molecule is C=Cc1ccc(C[C@](CC)(OCC)C(=O)O)cc1. The van der Waals surface area contributed by atoms with Gasteiger partial charge in [0.05, 0.1) is 0 Å². The number of ether oxygens (including phenoxy) is 1. The Morgan fingerprint density at radius 1 is 1.39 bits per heavy atom. The molecule has 3 nitrogen and oxygen atoms in total. The number of carboxylic acid groups (broad SMARTS) is 1. The number of rotatable bonds is 7. The molecule has 0 fully saturated rings. The van der Waals surface area contributed by atoms with Gasteiger partial charge in [-0.3, -0.25) is 0 Å². The standard InChI is InChI=1S/C15H20O3/c1-4-12-7-9-13(10-8-12)11-15(5-2,14(16)17)18-6-3/h4,7-10H,1,5-6,11H2,2-3H3,(H,16,17)/t15-/m0/s1. The fourth-order valence-electron chi connectivity index (χ4n) is 1.94. The second-order valence-electron chi connectivity index (χ2n) is 4.21. The van der Waals surface area contributed by atoms with Crippen LogP contribution in [0.25, 0.3) is 6.08 Å². The molecule has 0 radical (unpaired) electrons. The van der Waals surface area contributed by atoms with Gasteiger partial charge in [-0.15, -0.1) is 0 Å². The van der Waals surface area contributed by atoms with Crippen molar-refractivity contribution in [2.24, 2.45) is 0 Å². The Kier molecular flexibility index (Phi) is 5.10. The molecule has 0 heterocycles. The lowest BCUT2D eigenvalue weighted by atomic mass is 9.91. The molecule has 0 aliphatic carbocycles. The summed E-state index contributed by atoms with van der Waals surface area (Å²) in [6, 6.07) is 7.69. The average Bonchev–Trinajstić information content (AvgIpc) is 2.38. The van der Waals surface area contributed by atoms with Gasteiger partial charge in [-0.1, -0.05) is 43.8 Å². The van der Waals surface area contributed by atoms with Crippen LogP contribution < -0.4 is 0 Å². The summed E-state index contributed by atoms with van der Waals surface area (Å²) >= 11 is 0. The zero-order chi connectivity index (χ0) is 13.6. The third-order valence-corrected chi connectivity index (χ3v) is 3.09. The van der Waals surface area contributed by atoms with Crippen LogP contribution in [0, 0.1) is 0 Å². The van der Waals surface area contributed by atoms with Crippen molar-refractivity contribution in [2.45, 2.75) is 32.3 Å². The predicted molar refractivity (Wildman–Crippen MR) is 72.5 cm³/mol. The number of hydrogen-bond acceptors (Lipinski definition) is 2. The molecular weight excluding hydrogens is 228 g/mol. The third kappa shape index (κ3) is 3.20. The number of carboxylic acids is 1. The van der Waals surface area contributed by atoms with Crippen LogP contribution in [-0.2, 0) is 16.0 Å². The first-order valence-electron chi connectivity index (χ1n) is 6.16. The predicted octanol–water partition coefficient (Wildman–Crippen LogP) is 3.14. The second kappa shape index (κ2) is 6.36. The Morgan fingerprint density at radius 3 is 2.39 bits per heavy atom. The molecule has 1 atom stereocenters. The minimum Gasteiger partial charge on any atom is -0.479 e. The normalized spacial score (nSPS) is 13.9. The van der Waals surface area contributed by atoms with Crippen LogP contribution in [0.1, 0.15) is 31.4 Å². The highest BCUT2D eigenvalue weighted by Gasteiger charge is 2.37. The van der Waals surface area contributed by atoms with Crippen molar-refractivity contribution in [3.8, 4) is 0 Å². The number of hydrogen-bond donors (Lipinski definition) is 1. The van der Waals surface area contributed by atoms with E-state index >= 15 is 0 Å². The minimum atomic E-state index is -1.12. The zero-order valence-electron chi connectivity index (χ0n) is 11.0. The fraction of sp³-hybridized carbons (Fsp3) is 0.400. The summed E-state index contributed by atoms with van der Waals surface area (Å²) in [5.74, 6) is -0.903. The summed E-state index contributed by atoms with van der Waals surface area (Å²) in [4.78, 5) is 11.4. The summed E-state index contributed by atoms with van der Waals surface area (Å²) < 4.78 is 5.48. The minimum absolute atomic E-state index is 0.379. The summed E-state index contributed by atoms with van der Waals surface area (Å²) in [7, 11) is 0. The van der Waals surface area contributed by atoms with E-state index in [0.717, 1.165) is 11.1 Å². The maximum Gasteiger partial charge on any atom is 0.336 e. The van der Waals surface area contributed by atoms with Crippen molar-refractivity contribution in [1.82, 2.24) is 0 Å². The van der Waals surface area contributed by atoms with Gasteiger partial charge in [0.25, 0.3) is 0 Å². The van der Waals surface area contributed by atoms with Crippen LogP contribution in [0.4, 0.5) is 0 Å². The van der Waals surface area contributed by atoms with Crippen molar-refractivity contribution in [2.75, 3.05) is 6.61 Å². The molecule has 0 saturated heterocycles. The number of benzene rings is 1. The van der Waals surface area contributed by atoms with Crippen molar-refractivity contribution in [3.05, 3.63) is 42.0 Å². The summed E-state index contributed by atoms with van der Waals surface area (Å²) in [5, 5.41) is 9.38. The molecule has 1 N–H and O–H groups in total. The molecule has 0 spiro atoms. The molecule has 0 amide bonds. The maximum absolute atomic E-state index is 11.4. The summed E-state index contributed by atoms with van der Waals surface area (Å²) in [6.45, 7) is 7.73. The quantitative estimate of drug-likeness (QED) is 0.806. The van der Waals surface area contributed by atoms with Crippen molar-refractivity contribution >= 4 is 12.0 Å². The van der Waals surface area contributed by atoms with Gasteiger partial charge in [0, 0.05) is 13.0 Å². The van der Waals surface area contributed by atoms with Gasteiger partial charge in [-0.2, -0.15) is 0 Å². The molecule has 0 aromatic heterocycles. The maximum atomic E-state index is 11.4. The lowest BCUT2D eigenvalue weighted by molar-refractivity contribution is -0.166. The second-order valence-corrected chi connectivity index (χ2v) is 4.21. The van der Waals surface area contributed by atoms with E-state index in [1.165, 1.54) is 0 Å². The van der Waals surface area contributed by atoms with Gasteiger partial charge in [0.15, 0.2) is 5.60 Å². The van der Waals surface area contributed by atoms with Gasteiger partial charge in [0.2, 0.25) is 0 Å². The highest BCUT2D eigenvalue weighted by molar-refractivity contribution is 5.78. The average molecular weight is 248 g/mol. The van der Waals surface area contributed by atoms with Gasteiger partial charge in [-0.05, 0) is 24.5 Å². The van der Waals surface area contributed by atoms with Crippen molar-refractivity contribution < 1.29 is 14.6 Å². The molecule has 1 rings (SSSR count). The third-order valence-electron chi connectivity index (χ3n) is 3.09. The molecule has 0 unspecified atom stereocenters. The van der Waals surface area contributed by atoms with E-state index in [0.29, 0.717) is 19.4 Å². The molecular formula is C15H20O3. The Bertz CT molecular complexity index is 408. The molecule has 0 saturated carbocycles. The lowest BCUT2D eigenvalue weighted by Crippen LogP contribution is -2.43. The fourth-order valence-corrected chi connectivity index (χ4v) is 1.94. The summed E-state index contributed by atoms with van der Waals surface area (Å²) in [6.07, 6.45) is 2.58. The molecule has 18 heavy (non-hydrogen) atoms. The Labute approximate surface area is 108 Å². The molecule has 0 aliphatic rings. The van der Waals surface area contributed by atoms with Crippen LogP contribution in [0.15, 0.2) is 30.8 Å². The van der Waals surface area contributed by atoms with Gasteiger partial charge in [-0.25, -0.2) is 4.79 Å². The van der Waals surface area contributed by atoms with E-state index < -0.39 is 11.6 Å². The number of aliphatic carboxylic acids is 1. The van der Waals surface area contributed by atoms with Gasteiger partial charge >= 0.3 is 5.97 Å². The first-order chi connectivity index (χ1) is 8.57. The van der Waals surface area contributed by atoms with E-state index in [9.17, 15) is 9.90 Å². The molecule has 0 bridgehead atoms. The van der Waals surface area contributed by atoms with Gasteiger partial charge in [0.1, 0.15) is 0 Å². The van der Waals surface area contributed by atoms with Crippen LogP contribution in [0.2, 0.25) is 0 Å². The molecule has 1 aromatic carbocycles. The topological polar surface area (TPSA) is 46.5 Å². The molecule has 0 aliphatic heterocycles. The largest absolute Gasteiger partial charge is 0.479 e.